The molecule has 0 saturated carbocycles. The van der Waals surface area contributed by atoms with Crippen LogP contribution in [0, 0.1) is 0 Å². The first-order valence-electron chi connectivity index (χ1n) is 4.97. The van der Waals surface area contributed by atoms with Crippen LogP contribution in [-0.2, 0) is 24.3 Å². The average Bonchev–Trinajstić information content (AvgIpc) is 1.96. The molecule has 0 aliphatic heterocycles. The zero-order valence-electron chi connectivity index (χ0n) is 10.0. The number of esters is 1. The molecule has 8 heteroatoms. The Balaban J connectivity index is 4.54. The maximum absolute atomic E-state index is 11.5. The minimum absolute atomic E-state index is 0.0902. The molecule has 7 nitrogen and oxygen atoms in total. The summed E-state index contributed by atoms with van der Waals surface area (Å²) in [5, 5.41) is 8.59. The molecule has 100 valence electrons. The quantitative estimate of drug-likeness (QED) is 0.614. The van der Waals surface area contributed by atoms with Gasteiger partial charge in [-0.25, -0.2) is 13.1 Å². The topological polar surface area (TPSA) is 110 Å². The van der Waals surface area contributed by atoms with Gasteiger partial charge in [0.15, 0.2) is 5.75 Å². The SMILES string of the molecule is CCOC(=O)CS(=O)(=O)NC(C)(C)CC(=O)O. The highest BCUT2D eigenvalue weighted by atomic mass is 32.2. The summed E-state index contributed by atoms with van der Waals surface area (Å²) in [6.07, 6.45) is -0.380. The van der Waals surface area contributed by atoms with Gasteiger partial charge in [-0.1, -0.05) is 0 Å². The fraction of sp³-hybridized carbons (Fsp3) is 0.778. The highest BCUT2D eigenvalue weighted by molar-refractivity contribution is 7.90. The van der Waals surface area contributed by atoms with Crippen molar-refractivity contribution in [2.75, 3.05) is 12.4 Å². The maximum atomic E-state index is 11.5. The minimum Gasteiger partial charge on any atom is -0.481 e. The molecule has 0 aromatic carbocycles. The molecule has 17 heavy (non-hydrogen) atoms. The van der Waals surface area contributed by atoms with Crippen LogP contribution < -0.4 is 4.72 Å². The summed E-state index contributed by atoms with van der Waals surface area (Å²) in [4.78, 5) is 21.5. The van der Waals surface area contributed by atoms with Crippen LogP contribution in [-0.4, -0.2) is 43.4 Å². The number of nitrogens with one attached hydrogen (secondary N) is 1. The van der Waals surface area contributed by atoms with Crippen molar-refractivity contribution < 1.29 is 27.9 Å². The number of hydrogen-bond acceptors (Lipinski definition) is 5. The van der Waals surface area contributed by atoms with Gasteiger partial charge < -0.3 is 9.84 Å². The molecule has 0 saturated heterocycles. The molecule has 0 heterocycles. The van der Waals surface area contributed by atoms with Gasteiger partial charge in [-0.15, -0.1) is 0 Å². The molecule has 0 rings (SSSR count). The van der Waals surface area contributed by atoms with E-state index < -0.39 is 33.3 Å². The molecule has 0 radical (unpaired) electrons. The Morgan fingerprint density at radius 3 is 2.29 bits per heavy atom. The van der Waals surface area contributed by atoms with Gasteiger partial charge in [0.25, 0.3) is 0 Å². The van der Waals surface area contributed by atoms with Gasteiger partial charge >= 0.3 is 11.9 Å². The Kier molecular flexibility index (Phi) is 5.56. The molecular formula is C9H17NO6S. The number of carbonyl (C=O) groups is 2. The van der Waals surface area contributed by atoms with Gasteiger partial charge in [-0.3, -0.25) is 9.59 Å². The predicted octanol–water partition coefficient (Wildman–Crippen LogP) is -0.278. The van der Waals surface area contributed by atoms with E-state index in [1.165, 1.54) is 13.8 Å². The van der Waals surface area contributed by atoms with Gasteiger partial charge in [0.05, 0.1) is 13.0 Å². The highest BCUT2D eigenvalue weighted by Gasteiger charge is 2.29. The van der Waals surface area contributed by atoms with Crippen molar-refractivity contribution in [2.45, 2.75) is 32.7 Å². The van der Waals surface area contributed by atoms with Crippen LogP contribution in [0.25, 0.3) is 0 Å². The third kappa shape index (κ3) is 7.70. The smallest absolute Gasteiger partial charge is 0.322 e. The number of ether oxygens (including phenoxy) is 1. The van der Waals surface area contributed by atoms with Crippen LogP contribution in [0.3, 0.4) is 0 Å². The summed E-state index contributed by atoms with van der Waals surface area (Å²) in [5.41, 5.74) is -1.16. The lowest BCUT2D eigenvalue weighted by atomic mass is 10.0. The Morgan fingerprint density at radius 2 is 1.88 bits per heavy atom. The Morgan fingerprint density at radius 1 is 1.35 bits per heavy atom. The van der Waals surface area contributed by atoms with Crippen LogP contribution in [0.4, 0.5) is 0 Å². The molecule has 0 aliphatic rings. The average molecular weight is 267 g/mol. The molecule has 0 aliphatic carbocycles. The van der Waals surface area contributed by atoms with E-state index in [1.807, 2.05) is 0 Å². The van der Waals surface area contributed by atoms with Crippen molar-refractivity contribution in [1.29, 1.82) is 0 Å². The molecule has 0 bridgehead atoms. The third-order valence-electron chi connectivity index (χ3n) is 1.64. The number of rotatable bonds is 7. The van der Waals surface area contributed by atoms with Crippen LogP contribution in [0.5, 0.6) is 0 Å². The van der Waals surface area contributed by atoms with Crippen LogP contribution in [0.1, 0.15) is 27.2 Å². The molecule has 0 fully saturated rings. The van der Waals surface area contributed by atoms with E-state index in [-0.39, 0.29) is 13.0 Å². The Labute approximate surface area is 100 Å². The summed E-state index contributed by atoms with van der Waals surface area (Å²) in [7, 11) is -3.89. The van der Waals surface area contributed by atoms with Gasteiger partial charge in [0, 0.05) is 5.54 Å². The van der Waals surface area contributed by atoms with Crippen molar-refractivity contribution >= 4 is 22.0 Å². The maximum Gasteiger partial charge on any atom is 0.322 e. The molecule has 0 aromatic heterocycles. The van der Waals surface area contributed by atoms with E-state index >= 15 is 0 Å². The van der Waals surface area contributed by atoms with E-state index in [9.17, 15) is 18.0 Å². The monoisotopic (exact) mass is 267 g/mol. The van der Waals surface area contributed by atoms with E-state index in [0.29, 0.717) is 0 Å². The molecule has 0 aromatic rings. The lowest BCUT2D eigenvalue weighted by Crippen LogP contribution is -2.46. The molecule has 2 N–H and O–H groups in total. The van der Waals surface area contributed by atoms with E-state index in [4.69, 9.17) is 5.11 Å². The summed E-state index contributed by atoms with van der Waals surface area (Å²) < 4.78 is 29.7. The van der Waals surface area contributed by atoms with Crippen molar-refractivity contribution in [1.82, 2.24) is 4.72 Å². The standard InChI is InChI=1S/C9H17NO6S/c1-4-16-8(13)6-17(14,15)10-9(2,3)5-7(11)12/h10H,4-6H2,1-3H3,(H,11,12). The number of carboxylic acids is 1. The summed E-state index contributed by atoms with van der Waals surface area (Å²) in [6, 6.07) is 0. The zero-order chi connectivity index (χ0) is 13.7. The summed E-state index contributed by atoms with van der Waals surface area (Å²) >= 11 is 0. The Hall–Kier alpha value is -1.15. The fourth-order valence-corrected chi connectivity index (χ4v) is 2.61. The molecular weight excluding hydrogens is 250 g/mol. The lowest BCUT2D eigenvalue weighted by molar-refractivity contribution is -0.140. The van der Waals surface area contributed by atoms with Crippen LogP contribution >= 0.6 is 0 Å². The first-order chi connectivity index (χ1) is 7.58. The summed E-state index contributed by atoms with van der Waals surface area (Å²) in [5.74, 6) is -2.82. The van der Waals surface area contributed by atoms with Crippen molar-refractivity contribution in [2.24, 2.45) is 0 Å². The van der Waals surface area contributed by atoms with E-state index in [1.54, 1.807) is 6.92 Å². The number of sulfonamides is 1. The van der Waals surface area contributed by atoms with E-state index in [0.717, 1.165) is 0 Å². The second-order valence-corrected chi connectivity index (χ2v) is 5.84. The molecule has 0 atom stereocenters. The van der Waals surface area contributed by atoms with Gasteiger partial charge in [0.2, 0.25) is 10.0 Å². The van der Waals surface area contributed by atoms with Crippen molar-refractivity contribution in [3.63, 3.8) is 0 Å². The molecule has 0 amide bonds. The molecule has 0 unspecified atom stereocenters. The molecule has 0 spiro atoms. The highest BCUT2D eigenvalue weighted by Crippen LogP contribution is 2.10. The van der Waals surface area contributed by atoms with Crippen LogP contribution in [0.2, 0.25) is 0 Å². The van der Waals surface area contributed by atoms with Gasteiger partial charge in [-0.2, -0.15) is 0 Å². The summed E-state index contributed by atoms with van der Waals surface area (Å²) in [6.45, 7) is 4.49. The largest absolute Gasteiger partial charge is 0.481 e. The lowest BCUT2D eigenvalue weighted by Gasteiger charge is -2.23. The van der Waals surface area contributed by atoms with Crippen LogP contribution in [0.15, 0.2) is 0 Å². The van der Waals surface area contributed by atoms with Gasteiger partial charge in [-0.05, 0) is 20.8 Å². The number of carbonyl (C=O) groups excluding carboxylic acids is 1. The van der Waals surface area contributed by atoms with Gasteiger partial charge in [0.1, 0.15) is 0 Å². The third-order valence-corrected chi connectivity index (χ3v) is 3.12. The second-order valence-electron chi connectivity index (χ2n) is 4.12. The Bertz CT molecular complexity index is 386. The minimum atomic E-state index is -3.89. The fourth-order valence-electron chi connectivity index (χ4n) is 1.23. The number of aliphatic carboxylic acids is 1. The van der Waals surface area contributed by atoms with Crippen molar-refractivity contribution in [3.8, 4) is 0 Å². The van der Waals surface area contributed by atoms with Crippen molar-refractivity contribution in [3.05, 3.63) is 0 Å². The number of hydrogen-bond donors (Lipinski definition) is 2. The zero-order valence-corrected chi connectivity index (χ0v) is 10.8. The predicted molar refractivity (Wildman–Crippen MR) is 59.9 cm³/mol. The second kappa shape index (κ2) is 5.97. The first kappa shape index (κ1) is 15.9. The number of carboxylic acid groups (broad SMARTS) is 1. The van der Waals surface area contributed by atoms with E-state index in [2.05, 4.69) is 9.46 Å². The first-order valence-corrected chi connectivity index (χ1v) is 6.62. The normalized spacial score (nSPS) is 12.2.